The molecule has 25 heavy (non-hydrogen) atoms. The Morgan fingerprint density at radius 3 is 2.48 bits per heavy atom. The summed E-state index contributed by atoms with van der Waals surface area (Å²) in [6, 6.07) is 3.77. The third kappa shape index (κ3) is 4.49. The fourth-order valence-electron chi connectivity index (χ4n) is 3.77. The zero-order chi connectivity index (χ0) is 17.9. The Bertz CT molecular complexity index is 657. The summed E-state index contributed by atoms with van der Waals surface area (Å²) < 4.78 is 34.3. The van der Waals surface area contributed by atoms with Crippen LogP contribution >= 0.6 is 0 Å². The van der Waals surface area contributed by atoms with Gasteiger partial charge in [0.1, 0.15) is 5.82 Å². The number of nitrogen functional groups attached to an aromatic ring is 1. The molecule has 3 rings (SSSR count). The number of ether oxygens (including phenoxy) is 1. The molecule has 1 atom stereocenters. The van der Waals surface area contributed by atoms with E-state index in [1.54, 1.807) is 28.0 Å². The molecule has 2 N–H and O–H groups in total. The molecule has 2 fully saturated rings. The summed E-state index contributed by atoms with van der Waals surface area (Å²) in [7, 11) is -1.64. The first-order chi connectivity index (χ1) is 12.0. The Balaban J connectivity index is 1.54. The number of pyridine rings is 1. The number of methoxy groups -OCH3 is 1. The topological polar surface area (TPSA) is 88.8 Å². The summed E-state index contributed by atoms with van der Waals surface area (Å²) in [5.41, 5.74) is 6.72. The minimum atomic E-state index is -3.34. The standard InChI is InChI=1S/C17H28N4O3S/c1-24-13-14-4-7-20(8-5-14)25(22,23)21-9-6-16(12-21)10-15-2-3-17(18)19-11-15/h2-3,11,14,16H,4-10,12-13H2,1H3,(H2,18,19). The second-order valence-electron chi connectivity index (χ2n) is 7.11. The predicted molar refractivity (Wildman–Crippen MR) is 97.1 cm³/mol. The molecule has 2 aliphatic rings. The summed E-state index contributed by atoms with van der Waals surface area (Å²) in [6.07, 6.45) is 5.27. The molecular formula is C17H28N4O3S. The molecule has 2 aliphatic heterocycles. The Morgan fingerprint density at radius 2 is 1.84 bits per heavy atom. The first-order valence-electron chi connectivity index (χ1n) is 8.93. The van der Waals surface area contributed by atoms with Crippen LogP contribution in [0.15, 0.2) is 18.3 Å². The zero-order valence-corrected chi connectivity index (χ0v) is 15.6. The number of nitrogens with zero attached hydrogens (tertiary/aromatic N) is 3. The monoisotopic (exact) mass is 368 g/mol. The van der Waals surface area contributed by atoms with Crippen LogP contribution in [-0.2, 0) is 21.4 Å². The van der Waals surface area contributed by atoms with Crippen LogP contribution in [0.3, 0.4) is 0 Å². The van der Waals surface area contributed by atoms with Crippen LogP contribution in [0.4, 0.5) is 5.82 Å². The number of nitrogens with two attached hydrogens (primary N) is 1. The second-order valence-corrected chi connectivity index (χ2v) is 9.04. The van der Waals surface area contributed by atoms with Gasteiger partial charge in [-0.25, -0.2) is 4.98 Å². The van der Waals surface area contributed by atoms with E-state index in [0.29, 0.717) is 43.8 Å². The minimum Gasteiger partial charge on any atom is -0.384 e. The highest BCUT2D eigenvalue weighted by Gasteiger charge is 2.37. The van der Waals surface area contributed by atoms with Gasteiger partial charge in [-0.15, -0.1) is 0 Å². The van der Waals surface area contributed by atoms with Crippen molar-refractivity contribution in [2.75, 3.05) is 45.6 Å². The molecule has 0 aliphatic carbocycles. The SMILES string of the molecule is COCC1CCN(S(=O)(=O)N2CCC(Cc3ccc(N)nc3)C2)CC1. The van der Waals surface area contributed by atoms with E-state index in [0.717, 1.165) is 37.9 Å². The summed E-state index contributed by atoms with van der Waals surface area (Å²) in [5, 5.41) is 0. The van der Waals surface area contributed by atoms with Crippen molar-refractivity contribution in [3.05, 3.63) is 23.9 Å². The molecule has 0 radical (unpaired) electrons. The smallest absolute Gasteiger partial charge is 0.281 e. The molecule has 1 unspecified atom stereocenters. The van der Waals surface area contributed by atoms with Gasteiger partial charge in [0.15, 0.2) is 0 Å². The Morgan fingerprint density at radius 1 is 1.16 bits per heavy atom. The van der Waals surface area contributed by atoms with Crippen molar-refractivity contribution in [3.8, 4) is 0 Å². The molecule has 1 aromatic rings. The fraction of sp³-hybridized carbons (Fsp3) is 0.706. The first-order valence-corrected chi connectivity index (χ1v) is 10.3. The minimum absolute atomic E-state index is 0.339. The highest BCUT2D eigenvalue weighted by molar-refractivity contribution is 7.86. The number of hydrogen-bond acceptors (Lipinski definition) is 5. The number of aromatic nitrogens is 1. The van der Waals surface area contributed by atoms with E-state index in [4.69, 9.17) is 10.5 Å². The summed E-state index contributed by atoms with van der Waals surface area (Å²) >= 11 is 0. The highest BCUT2D eigenvalue weighted by atomic mass is 32.2. The average molecular weight is 369 g/mol. The number of rotatable bonds is 6. The van der Waals surface area contributed by atoms with Crippen LogP contribution in [0.2, 0.25) is 0 Å². The van der Waals surface area contributed by atoms with Crippen LogP contribution in [0.25, 0.3) is 0 Å². The van der Waals surface area contributed by atoms with Crippen LogP contribution in [0.1, 0.15) is 24.8 Å². The molecule has 1 aromatic heterocycles. The van der Waals surface area contributed by atoms with Crippen LogP contribution in [0, 0.1) is 11.8 Å². The lowest BCUT2D eigenvalue weighted by Crippen LogP contribution is -2.46. The third-order valence-electron chi connectivity index (χ3n) is 5.25. The lowest BCUT2D eigenvalue weighted by atomic mass is 9.99. The second kappa shape index (κ2) is 7.99. The van der Waals surface area contributed by atoms with Crippen molar-refractivity contribution >= 4 is 16.0 Å². The van der Waals surface area contributed by atoms with Gasteiger partial charge in [0.2, 0.25) is 0 Å². The van der Waals surface area contributed by atoms with Gasteiger partial charge in [0, 0.05) is 46.1 Å². The highest BCUT2D eigenvalue weighted by Crippen LogP contribution is 2.27. The molecule has 2 saturated heterocycles. The maximum atomic E-state index is 12.9. The Hall–Kier alpha value is -1.22. The molecule has 140 valence electrons. The largest absolute Gasteiger partial charge is 0.384 e. The molecular weight excluding hydrogens is 340 g/mol. The van der Waals surface area contributed by atoms with Gasteiger partial charge in [0.05, 0.1) is 0 Å². The maximum Gasteiger partial charge on any atom is 0.281 e. The lowest BCUT2D eigenvalue weighted by molar-refractivity contribution is 0.120. The van der Waals surface area contributed by atoms with E-state index < -0.39 is 10.2 Å². The van der Waals surface area contributed by atoms with Gasteiger partial charge in [-0.05, 0) is 49.1 Å². The zero-order valence-electron chi connectivity index (χ0n) is 14.8. The molecule has 0 saturated carbocycles. The molecule has 7 nitrogen and oxygen atoms in total. The molecule has 0 amide bonds. The van der Waals surface area contributed by atoms with Gasteiger partial charge < -0.3 is 10.5 Å². The number of piperidine rings is 1. The van der Waals surface area contributed by atoms with Crippen molar-refractivity contribution in [2.24, 2.45) is 11.8 Å². The van der Waals surface area contributed by atoms with Gasteiger partial charge in [0.25, 0.3) is 10.2 Å². The van der Waals surface area contributed by atoms with E-state index >= 15 is 0 Å². The van der Waals surface area contributed by atoms with E-state index in [1.807, 2.05) is 6.07 Å². The van der Waals surface area contributed by atoms with Gasteiger partial charge >= 0.3 is 0 Å². The number of anilines is 1. The molecule has 3 heterocycles. The van der Waals surface area contributed by atoms with E-state index in [1.165, 1.54) is 0 Å². The van der Waals surface area contributed by atoms with Crippen molar-refractivity contribution in [2.45, 2.75) is 25.7 Å². The lowest BCUT2D eigenvalue weighted by Gasteiger charge is -2.33. The van der Waals surface area contributed by atoms with E-state index in [2.05, 4.69) is 4.98 Å². The average Bonchev–Trinajstić information content (AvgIpc) is 3.07. The van der Waals surface area contributed by atoms with Gasteiger partial charge in [-0.3, -0.25) is 0 Å². The molecule has 8 heteroatoms. The normalized spacial score (nSPS) is 24.0. The van der Waals surface area contributed by atoms with Crippen molar-refractivity contribution in [1.29, 1.82) is 0 Å². The summed E-state index contributed by atoms with van der Waals surface area (Å²) in [6.45, 7) is 3.10. The fourth-order valence-corrected chi connectivity index (χ4v) is 5.50. The molecule has 0 bridgehead atoms. The van der Waals surface area contributed by atoms with Crippen LogP contribution in [-0.4, -0.2) is 61.9 Å². The number of hydrogen-bond donors (Lipinski definition) is 1. The predicted octanol–water partition coefficient (Wildman–Crippen LogP) is 1.13. The summed E-state index contributed by atoms with van der Waals surface area (Å²) in [5.74, 6) is 1.32. The van der Waals surface area contributed by atoms with Crippen molar-refractivity contribution in [1.82, 2.24) is 13.6 Å². The quantitative estimate of drug-likeness (QED) is 0.813. The van der Waals surface area contributed by atoms with Crippen LogP contribution in [0.5, 0.6) is 0 Å². The molecule has 0 spiro atoms. The Labute approximate surface area is 150 Å². The molecule has 0 aromatic carbocycles. The van der Waals surface area contributed by atoms with Crippen molar-refractivity contribution < 1.29 is 13.2 Å². The first kappa shape index (κ1) is 18.6. The maximum absolute atomic E-state index is 12.9. The van der Waals surface area contributed by atoms with Crippen LogP contribution < -0.4 is 5.73 Å². The Kier molecular flexibility index (Phi) is 5.93. The van der Waals surface area contributed by atoms with Gasteiger partial charge in [-0.2, -0.15) is 17.0 Å². The van der Waals surface area contributed by atoms with E-state index in [-0.39, 0.29) is 0 Å². The van der Waals surface area contributed by atoms with E-state index in [9.17, 15) is 8.42 Å². The third-order valence-corrected chi connectivity index (χ3v) is 7.25. The summed E-state index contributed by atoms with van der Waals surface area (Å²) in [4.78, 5) is 4.11. The van der Waals surface area contributed by atoms with Crippen molar-refractivity contribution in [3.63, 3.8) is 0 Å². The van der Waals surface area contributed by atoms with Gasteiger partial charge in [-0.1, -0.05) is 6.07 Å².